The Labute approximate surface area is 110 Å². The SMILES string of the molecule is Nc1ccc(N(Cc2cccs2)C2CC2)nc1N. The Kier molecular flexibility index (Phi) is 2.83. The van der Waals surface area contributed by atoms with Crippen molar-refractivity contribution in [2.75, 3.05) is 16.4 Å². The molecule has 1 aliphatic carbocycles. The molecule has 1 fully saturated rings. The largest absolute Gasteiger partial charge is 0.396 e. The molecule has 2 heterocycles. The molecule has 4 N–H and O–H groups in total. The molecule has 0 bridgehead atoms. The highest BCUT2D eigenvalue weighted by Gasteiger charge is 2.30. The van der Waals surface area contributed by atoms with Crippen LogP contribution in [0.15, 0.2) is 29.6 Å². The highest BCUT2D eigenvalue weighted by atomic mass is 32.1. The topological polar surface area (TPSA) is 68.2 Å². The summed E-state index contributed by atoms with van der Waals surface area (Å²) in [5.41, 5.74) is 12.1. The lowest BCUT2D eigenvalue weighted by Crippen LogP contribution is -2.25. The van der Waals surface area contributed by atoms with Gasteiger partial charge in [-0.25, -0.2) is 4.98 Å². The summed E-state index contributed by atoms with van der Waals surface area (Å²) in [6, 6.07) is 8.62. The molecular weight excluding hydrogens is 244 g/mol. The van der Waals surface area contributed by atoms with Gasteiger partial charge in [0.25, 0.3) is 0 Å². The number of rotatable bonds is 4. The smallest absolute Gasteiger partial charge is 0.149 e. The molecule has 0 amide bonds. The fourth-order valence-electron chi connectivity index (χ4n) is 1.99. The molecule has 3 rings (SSSR count). The number of pyridine rings is 1. The zero-order chi connectivity index (χ0) is 12.5. The number of hydrogen-bond donors (Lipinski definition) is 2. The molecule has 94 valence electrons. The predicted octanol–water partition coefficient (Wildman–Crippen LogP) is 2.48. The molecule has 1 aliphatic rings. The standard InChI is InChI=1S/C13H16N4S/c14-11-5-6-12(16-13(11)15)17(9-3-4-9)8-10-2-1-7-18-10/h1-2,5-7,9H,3-4,8,14H2,(H2,15,16). The van der Waals surface area contributed by atoms with Crippen molar-refractivity contribution in [1.29, 1.82) is 0 Å². The third kappa shape index (κ3) is 2.26. The zero-order valence-electron chi connectivity index (χ0n) is 10.0. The molecule has 0 radical (unpaired) electrons. The van der Waals surface area contributed by atoms with Crippen molar-refractivity contribution in [1.82, 2.24) is 4.98 Å². The Balaban J connectivity index is 1.86. The van der Waals surface area contributed by atoms with Crippen molar-refractivity contribution in [3.8, 4) is 0 Å². The molecule has 4 nitrogen and oxygen atoms in total. The molecule has 2 aromatic heterocycles. The maximum atomic E-state index is 5.79. The number of nitrogen functional groups attached to an aromatic ring is 2. The maximum Gasteiger partial charge on any atom is 0.149 e. The lowest BCUT2D eigenvalue weighted by Gasteiger charge is -2.23. The third-order valence-corrected chi connectivity index (χ3v) is 3.99. The first-order valence-corrected chi connectivity index (χ1v) is 6.93. The second-order valence-electron chi connectivity index (χ2n) is 4.58. The van der Waals surface area contributed by atoms with E-state index in [-0.39, 0.29) is 0 Å². The quantitative estimate of drug-likeness (QED) is 0.886. The Morgan fingerprint density at radius 3 is 2.72 bits per heavy atom. The minimum Gasteiger partial charge on any atom is -0.396 e. The van der Waals surface area contributed by atoms with Gasteiger partial charge in [-0.1, -0.05) is 6.07 Å². The van der Waals surface area contributed by atoms with E-state index in [0.717, 1.165) is 12.4 Å². The predicted molar refractivity (Wildman–Crippen MR) is 76.6 cm³/mol. The average Bonchev–Trinajstić information content (AvgIpc) is 3.07. The maximum absolute atomic E-state index is 5.79. The van der Waals surface area contributed by atoms with Crippen LogP contribution >= 0.6 is 11.3 Å². The van der Waals surface area contributed by atoms with Crippen LogP contribution in [0, 0.1) is 0 Å². The Bertz CT molecular complexity index is 534. The summed E-state index contributed by atoms with van der Waals surface area (Å²) in [7, 11) is 0. The van der Waals surface area contributed by atoms with E-state index < -0.39 is 0 Å². The van der Waals surface area contributed by atoms with Gasteiger partial charge < -0.3 is 16.4 Å². The van der Waals surface area contributed by atoms with Gasteiger partial charge >= 0.3 is 0 Å². The second kappa shape index (κ2) is 4.49. The highest BCUT2D eigenvalue weighted by Crippen LogP contribution is 2.33. The second-order valence-corrected chi connectivity index (χ2v) is 5.61. The van der Waals surface area contributed by atoms with E-state index in [0.29, 0.717) is 17.5 Å². The van der Waals surface area contributed by atoms with Crippen LogP contribution in [0.4, 0.5) is 17.3 Å². The van der Waals surface area contributed by atoms with E-state index in [1.807, 2.05) is 12.1 Å². The minimum absolute atomic E-state index is 0.421. The minimum atomic E-state index is 0.421. The van der Waals surface area contributed by atoms with Crippen molar-refractivity contribution in [2.45, 2.75) is 25.4 Å². The van der Waals surface area contributed by atoms with Gasteiger partial charge in [-0.15, -0.1) is 11.3 Å². The van der Waals surface area contributed by atoms with Crippen LogP contribution in [-0.2, 0) is 6.54 Å². The molecule has 0 atom stereocenters. The normalized spacial score (nSPS) is 14.7. The first-order valence-electron chi connectivity index (χ1n) is 6.05. The van der Waals surface area contributed by atoms with E-state index in [2.05, 4.69) is 27.4 Å². The summed E-state index contributed by atoms with van der Waals surface area (Å²) in [6.07, 6.45) is 2.47. The van der Waals surface area contributed by atoms with Gasteiger partial charge in [-0.3, -0.25) is 0 Å². The molecule has 2 aromatic rings. The van der Waals surface area contributed by atoms with Gasteiger partial charge in [-0.2, -0.15) is 0 Å². The van der Waals surface area contributed by atoms with Crippen molar-refractivity contribution in [3.63, 3.8) is 0 Å². The zero-order valence-corrected chi connectivity index (χ0v) is 10.9. The van der Waals surface area contributed by atoms with E-state index >= 15 is 0 Å². The van der Waals surface area contributed by atoms with Crippen molar-refractivity contribution < 1.29 is 0 Å². The Hall–Kier alpha value is -1.75. The first-order chi connectivity index (χ1) is 8.74. The summed E-state index contributed by atoms with van der Waals surface area (Å²) < 4.78 is 0. The molecule has 0 aromatic carbocycles. The van der Waals surface area contributed by atoms with Crippen molar-refractivity contribution >= 4 is 28.7 Å². The van der Waals surface area contributed by atoms with Gasteiger partial charge in [0, 0.05) is 10.9 Å². The fourth-order valence-corrected chi connectivity index (χ4v) is 2.69. The van der Waals surface area contributed by atoms with E-state index in [1.165, 1.54) is 17.7 Å². The summed E-state index contributed by atoms with van der Waals surface area (Å²) in [5.74, 6) is 1.35. The molecule has 0 saturated heterocycles. The van der Waals surface area contributed by atoms with Crippen LogP contribution in [0.2, 0.25) is 0 Å². The van der Waals surface area contributed by atoms with Crippen molar-refractivity contribution in [3.05, 3.63) is 34.5 Å². The van der Waals surface area contributed by atoms with Crippen LogP contribution < -0.4 is 16.4 Å². The van der Waals surface area contributed by atoms with E-state index in [1.54, 1.807) is 11.3 Å². The molecular formula is C13H16N4S. The molecule has 0 aliphatic heterocycles. The molecule has 1 saturated carbocycles. The van der Waals surface area contributed by atoms with Crippen LogP contribution in [0.5, 0.6) is 0 Å². The Morgan fingerprint density at radius 1 is 1.28 bits per heavy atom. The molecule has 5 heteroatoms. The van der Waals surface area contributed by atoms with E-state index in [4.69, 9.17) is 11.5 Å². The van der Waals surface area contributed by atoms with Crippen LogP contribution in [0.25, 0.3) is 0 Å². The summed E-state index contributed by atoms with van der Waals surface area (Å²) in [5, 5.41) is 2.10. The number of aromatic nitrogens is 1. The highest BCUT2D eigenvalue weighted by molar-refractivity contribution is 7.09. The number of nitrogens with zero attached hydrogens (tertiary/aromatic N) is 2. The lowest BCUT2D eigenvalue weighted by molar-refractivity contribution is 0.788. The number of nitrogens with two attached hydrogens (primary N) is 2. The summed E-state index contributed by atoms with van der Waals surface area (Å²) in [4.78, 5) is 8.07. The number of hydrogen-bond acceptors (Lipinski definition) is 5. The third-order valence-electron chi connectivity index (χ3n) is 3.13. The average molecular weight is 260 g/mol. The first kappa shape index (κ1) is 11.3. The van der Waals surface area contributed by atoms with Crippen LogP contribution in [0.1, 0.15) is 17.7 Å². The van der Waals surface area contributed by atoms with Gasteiger partial charge in [0.2, 0.25) is 0 Å². The van der Waals surface area contributed by atoms with Gasteiger partial charge in [0.05, 0.1) is 12.2 Å². The summed E-state index contributed by atoms with van der Waals surface area (Å²) in [6.45, 7) is 0.901. The molecule has 0 unspecified atom stereocenters. The monoisotopic (exact) mass is 260 g/mol. The number of anilines is 3. The summed E-state index contributed by atoms with van der Waals surface area (Å²) >= 11 is 1.77. The fraction of sp³-hybridized carbons (Fsp3) is 0.308. The van der Waals surface area contributed by atoms with Crippen molar-refractivity contribution in [2.24, 2.45) is 0 Å². The van der Waals surface area contributed by atoms with Gasteiger partial charge in [-0.05, 0) is 36.4 Å². The molecule has 18 heavy (non-hydrogen) atoms. The lowest BCUT2D eigenvalue weighted by atomic mass is 10.3. The van der Waals surface area contributed by atoms with Gasteiger partial charge in [0.15, 0.2) is 0 Å². The van der Waals surface area contributed by atoms with E-state index in [9.17, 15) is 0 Å². The number of thiophene rings is 1. The van der Waals surface area contributed by atoms with Gasteiger partial charge in [0.1, 0.15) is 11.6 Å². The van der Waals surface area contributed by atoms with Crippen LogP contribution in [0.3, 0.4) is 0 Å². The van der Waals surface area contributed by atoms with Crippen LogP contribution in [-0.4, -0.2) is 11.0 Å². The Morgan fingerprint density at radius 2 is 2.11 bits per heavy atom. The molecule has 0 spiro atoms.